The highest BCUT2D eigenvalue weighted by Gasteiger charge is 2.15. The van der Waals surface area contributed by atoms with E-state index in [2.05, 4.69) is 5.32 Å². The molecule has 1 aromatic carbocycles. The monoisotopic (exact) mass is 208 g/mol. The quantitative estimate of drug-likeness (QED) is 0.437. The number of benzene rings is 1. The summed E-state index contributed by atoms with van der Waals surface area (Å²) in [6, 6.07) is 4.79. The smallest absolute Gasteiger partial charge is 0.269 e. The number of thiocarbonyl (C=S) groups is 1. The zero-order valence-electron chi connectivity index (χ0n) is 7.32. The first-order valence-electron chi connectivity index (χ1n) is 4.24. The summed E-state index contributed by atoms with van der Waals surface area (Å²) in [5, 5.41) is 13.5. The van der Waals surface area contributed by atoms with E-state index in [1.54, 1.807) is 12.1 Å². The molecule has 0 spiro atoms. The summed E-state index contributed by atoms with van der Waals surface area (Å²) in [4.78, 5) is 10.9. The van der Waals surface area contributed by atoms with Crippen molar-refractivity contribution in [2.24, 2.45) is 0 Å². The van der Waals surface area contributed by atoms with Crippen molar-refractivity contribution in [3.05, 3.63) is 33.9 Å². The number of nitro groups is 1. The van der Waals surface area contributed by atoms with Crippen LogP contribution in [-0.4, -0.2) is 9.91 Å². The predicted molar refractivity (Wildman–Crippen MR) is 57.6 cm³/mol. The van der Waals surface area contributed by atoms with Crippen LogP contribution in [0, 0.1) is 10.1 Å². The van der Waals surface area contributed by atoms with Gasteiger partial charge in [0.2, 0.25) is 0 Å². The maximum atomic E-state index is 10.5. The van der Waals surface area contributed by atoms with Crippen molar-refractivity contribution in [2.45, 2.75) is 12.8 Å². The van der Waals surface area contributed by atoms with Gasteiger partial charge in [-0.05, 0) is 18.1 Å². The fourth-order valence-electron chi connectivity index (χ4n) is 1.48. The molecule has 0 fully saturated rings. The van der Waals surface area contributed by atoms with Gasteiger partial charge >= 0.3 is 0 Å². The fourth-order valence-corrected chi connectivity index (χ4v) is 1.70. The van der Waals surface area contributed by atoms with Crippen molar-refractivity contribution < 1.29 is 4.92 Å². The normalized spacial score (nSPS) is 14.4. The predicted octanol–water partition coefficient (Wildman–Crippen LogP) is 2.28. The second-order valence-electron chi connectivity index (χ2n) is 3.15. The lowest BCUT2D eigenvalue weighted by Crippen LogP contribution is -2.17. The molecule has 0 unspecified atom stereocenters. The summed E-state index contributed by atoms with van der Waals surface area (Å²) in [5.41, 5.74) is 2.00. The van der Waals surface area contributed by atoms with E-state index >= 15 is 0 Å². The first-order chi connectivity index (χ1) is 6.66. The Bertz CT molecular complexity index is 417. The molecule has 72 valence electrons. The second kappa shape index (κ2) is 3.34. The molecule has 0 saturated carbocycles. The number of aryl methyl sites for hydroxylation is 1. The SMILES string of the molecule is O=[N+]([O-])c1ccc2c(c1)CCC(=S)N2. The Morgan fingerprint density at radius 3 is 2.93 bits per heavy atom. The summed E-state index contributed by atoms with van der Waals surface area (Å²) in [6.45, 7) is 0. The molecule has 2 rings (SSSR count). The zero-order valence-corrected chi connectivity index (χ0v) is 8.13. The number of nitrogens with zero attached hydrogens (tertiary/aromatic N) is 1. The molecule has 0 atom stereocenters. The number of fused-ring (bicyclic) bond motifs is 1. The van der Waals surface area contributed by atoms with Crippen molar-refractivity contribution >= 4 is 28.6 Å². The lowest BCUT2D eigenvalue weighted by atomic mass is 10.0. The van der Waals surface area contributed by atoms with Gasteiger partial charge in [0, 0.05) is 24.2 Å². The lowest BCUT2D eigenvalue weighted by molar-refractivity contribution is -0.384. The number of non-ortho nitro benzene ring substituents is 1. The van der Waals surface area contributed by atoms with Crippen LogP contribution in [0.2, 0.25) is 0 Å². The number of hydrogen-bond acceptors (Lipinski definition) is 3. The molecule has 0 aliphatic carbocycles. The van der Waals surface area contributed by atoms with Crippen LogP contribution in [0.3, 0.4) is 0 Å². The van der Waals surface area contributed by atoms with Gasteiger partial charge in [-0.1, -0.05) is 12.2 Å². The molecular formula is C9H8N2O2S. The Kier molecular flexibility index (Phi) is 2.17. The topological polar surface area (TPSA) is 55.2 Å². The maximum absolute atomic E-state index is 10.5. The Morgan fingerprint density at radius 2 is 2.21 bits per heavy atom. The van der Waals surface area contributed by atoms with Crippen LogP contribution in [0.25, 0.3) is 0 Å². The molecule has 0 radical (unpaired) electrons. The molecule has 0 aromatic heterocycles. The Balaban J connectivity index is 2.41. The van der Waals surface area contributed by atoms with E-state index in [0.717, 1.165) is 29.1 Å². The average Bonchev–Trinajstić information content (AvgIpc) is 2.16. The highest BCUT2D eigenvalue weighted by atomic mass is 32.1. The van der Waals surface area contributed by atoms with Gasteiger partial charge in [-0.2, -0.15) is 0 Å². The van der Waals surface area contributed by atoms with E-state index in [1.165, 1.54) is 6.07 Å². The van der Waals surface area contributed by atoms with Gasteiger partial charge in [0.15, 0.2) is 0 Å². The number of anilines is 1. The largest absolute Gasteiger partial charge is 0.350 e. The Labute approximate surface area is 86.1 Å². The van der Waals surface area contributed by atoms with E-state index in [1.807, 2.05) is 0 Å². The van der Waals surface area contributed by atoms with Gasteiger partial charge in [0.05, 0.1) is 9.91 Å². The molecule has 1 heterocycles. The molecule has 1 aliphatic heterocycles. The first-order valence-corrected chi connectivity index (χ1v) is 4.65. The van der Waals surface area contributed by atoms with Crippen molar-refractivity contribution in [3.63, 3.8) is 0 Å². The van der Waals surface area contributed by atoms with E-state index in [4.69, 9.17) is 12.2 Å². The number of rotatable bonds is 1. The molecule has 14 heavy (non-hydrogen) atoms. The summed E-state index contributed by atoms with van der Waals surface area (Å²) >= 11 is 5.02. The minimum absolute atomic E-state index is 0.137. The Morgan fingerprint density at radius 1 is 1.43 bits per heavy atom. The third-order valence-corrected chi connectivity index (χ3v) is 2.50. The summed E-state index contributed by atoms with van der Waals surface area (Å²) < 4.78 is 0. The summed E-state index contributed by atoms with van der Waals surface area (Å²) in [7, 11) is 0. The maximum Gasteiger partial charge on any atom is 0.269 e. The van der Waals surface area contributed by atoms with E-state index in [0.29, 0.717) is 0 Å². The van der Waals surface area contributed by atoms with Crippen molar-refractivity contribution in [3.8, 4) is 0 Å². The van der Waals surface area contributed by atoms with Gasteiger partial charge in [0.25, 0.3) is 5.69 Å². The average molecular weight is 208 g/mol. The number of nitro benzene ring substituents is 1. The fraction of sp³-hybridized carbons (Fsp3) is 0.222. The van der Waals surface area contributed by atoms with Gasteiger partial charge in [-0.25, -0.2) is 0 Å². The third kappa shape index (κ3) is 1.58. The van der Waals surface area contributed by atoms with Crippen LogP contribution in [-0.2, 0) is 6.42 Å². The van der Waals surface area contributed by atoms with E-state index in [-0.39, 0.29) is 10.6 Å². The van der Waals surface area contributed by atoms with Gasteiger partial charge in [-0.15, -0.1) is 0 Å². The molecule has 1 aromatic rings. The van der Waals surface area contributed by atoms with Crippen LogP contribution in [0.1, 0.15) is 12.0 Å². The molecule has 0 amide bonds. The van der Waals surface area contributed by atoms with E-state index < -0.39 is 0 Å². The van der Waals surface area contributed by atoms with Gasteiger partial charge < -0.3 is 5.32 Å². The zero-order chi connectivity index (χ0) is 10.1. The molecule has 5 heteroatoms. The molecule has 1 aliphatic rings. The van der Waals surface area contributed by atoms with Gasteiger partial charge in [-0.3, -0.25) is 10.1 Å². The van der Waals surface area contributed by atoms with Gasteiger partial charge in [0.1, 0.15) is 0 Å². The molecule has 0 saturated heterocycles. The number of nitrogens with one attached hydrogen (secondary N) is 1. The minimum Gasteiger partial charge on any atom is -0.350 e. The second-order valence-corrected chi connectivity index (χ2v) is 3.64. The summed E-state index contributed by atoms with van der Waals surface area (Å²) in [5.74, 6) is 0. The summed E-state index contributed by atoms with van der Waals surface area (Å²) in [6.07, 6.45) is 1.55. The van der Waals surface area contributed by atoms with Crippen LogP contribution < -0.4 is 5.32 Å². The standard InChI is InChI=1S/C9H8N2O2S/c12-11(13)7-2-3-8-6(5-7)1-4-9(14)10-8/h2-3,5H,1,4H2,(H,10,14). The third-order valence-electron chi connectivity index (χ3n) is 2.20. The highest BCUT2D eigenvalue weighted by Crippen LogP contribution is 2.26. The molecule has 4 nitrogen and oxygen atoms in total. The highest BCUT2D eigenvalue weighted by molar-refractivity contribution is 7.80. The molecule has 0 bridgehead atoms. The van der Waals surface area contributed by atoms with Crippen LogP contribution in [0.15, 0.2) is 18.2 Å². The first kappa shape index (κ1) is 9.08. The van der Waals surface area contributed by atoms with Crippen LogP contribution >= 0.6 is 12.2 Å². The van der Waals surface area contributed by atoms with Crippen LogP contribution in [0.5, 0.6) is 0 Å². The minimum atomic E-state index is -0.382. The number of hydrogen-bond donors (Lipinski definition) is 1. The molecule has 1 N–H and O–H groups in total. The van der Waals surface area contributed by atoms with Crippen molar-refractivity contribution in [1.82, 2.24) is 0 Å². The molecular weight excluding hydrogens is 200 g/mol. The van der Waals surface area contributed by atoms with Crippen molar-refractivity contribution in [1.29, 1.82) is 0 Å². The van der Waals surface area contributed by atoms with Crippen LogP contribution in [0.4, 0.5) is 11.4 Å². The Hall–Kier alpha value is -1.49. The van der Waals surface area contributed by atoms with Crippen molar-refractivity contribution in [2.75, 3.05) is 5.32 Å². The van der Waals surface area contributed by atoms with E-state index in [9.17, 15) is 10.1 Å². The lowest BCUT2D eigenvalue weighted by Gasteiger charge is -2.17.